The molecule has 3 rings (SSSR count). The number of methoxy groups -OCH3 is 1. The normalized spacial score (nSPS) is 12.2. The molecule has 9 nitrogen and oxygen atoms in total. The summed E-state index contributed by atoms with van der Waals surface area (Å²) in [5.41, 5.74) is 13.1. The molecule has 0 radical (unpaired) electrons. The van der Waals surface area contributed by atoms with Gasteiger partial charge in [-0.25, -0.2) is 5.84 Å². The van der Waals surface area contributed by atoms with Gasteiger partial charge in [0.25, 0.3) is 5.91 Å². The van der Waals surface area contributed by atoms with Gasteiger partial charge in [0.15, 0.2) is 0 Å². The van der Waals surface area contributed by atoms with Crippen molar-refractivity contribution in [2.45, 2.75) is 39.7 Å². The number of rotatable bonds is 11. The number of anilines is 2. The van der Waals surface area contributed by atoms with E-state index in [4.69, 9.17) is 16.3 Å². The number of likely N-dealkylation sites (N-methyl/N-ethyl adjacent to an activating group) is 2. The first-order chi connectivity index (χ1) is 18.8. The summed E-state index contributed by atoms with van der Waals surface area (Å²) in [7, 11) is 7.86. The fourth-order valence-corrected chi connectivity index (χ4v) is 4.72. The molecule has 0 saturated heterocycles. The third kappa shape index (κ3) is 8.04. The van der Waals surface area contributed by atoms with Crippen LogP contribution >= 0.6 is 11.3 Å². The number of nitrogens with zero attached hydrogens (tertiary/aromatic N) is 4. The molecule has 0 spiro atoms. The minimum atomic E-state index is -0.259. The molecule has 0 aliphatic heterocycles. The van der Waals surface area contributed by atoms with Gasteiger partial charge in [0.05, 0.1) is 34.6 Å². The number of hydrogen-bond acceptors (Lipinski definition) is 9. The molecule has 1 aromatic heterocycles. The van der Waals surface area contributed by atoms with Crippen LogP contribution < -0.4 is 26.6 Å². The number of carbonyl (C=O) groups excluding carboxylic acids is 1. The van der Waals surface area contributed by atoms with Crippen LogP contribution in [0, 0.1) is 6.92 Å². The summed E-state index contributed by atoms with van der Waals surface area (Å²) in [4.78, 5) is 22.9. The first kappa shape index (κ1) is 31.1. The molecule has 10 heteroatoms. The number of aromatic nitrogens is 1. The van der Waals surface area contributed by atoms with Crippen molar-refractivity contribution in [3.05, 3.63) is 75.4 Å². The predicted molar refractivity (Wildman–Crippen MR) is 167 cm³/mol. The van der Waals surface area contributed by atoms with Crippen LogP contribution in [0.15, 0.2) is 48.2 Å². The lowest BCUT2D eigenvalue weighted by molar-refractivity contribution is 0.102. The number of carbonyl (C=O) groups is 1. The molecule has 2 aromatic carbocycles. The zero-order chi connectivity index (χ0) is 29.6. The van der Waals surface area contributed by atoms with Gasteiger partial charge in [-0.1, -0.05) is 32.9 Å². The van der Waals surface area contributed by atoms with Crippen molar-refractivity contribution in [3.8, 4) is 5.75 Å². The molecular formula is C30H43N7O2S. The number of thiazole rings is 1. The number of hydrogen-bond donors (Lipinski definition) is 3. The Morgan fingerprint density at radius 3 is 2.48 bits per heavy atom. The number of hydrazine groups is 1. The number of amides is 1. The Hall–Kier alpha value is -3.44. The second-order valence-corrected chi connectivity index (χ2v) is 12.2. The molecule has 216 valence electrons. The van der Waals surface area contributed by atoms with Crippen molar-refractivity contribution in [1.29, 1.82) is 0 Å². The Balaban J connectivity index is 1.93. The molecule has 0 atom stereocenters. The van der Waals surface area contributed by atoms with Gasteiger partial charge in [-0.2, -0.15) is 0 Å². The minimum Gasteiger partial charge on any atom is -0.494 e. The van der Waals surface area contributed by atoms with E-state index in [0.29, 0.717) is 34.9 Å². The smallest absolute Gasteiger partial charge is 0.255 e. The first-order valence-corrected chi connectivity index (χ1v) is 14.0. The molecule has 0 aliphatic carbocycles. The second kappa shape index (κ2) is 13.3. The summed E-state index contributed by atoms with van der Waals surface area (Å²) in [6.07, 6.45) is 3.32. The lowest BCUT2D eigenvalue weighted by Crippen LogP contribution is -2.28. The molecule has 1 amide bonds. The quantitative estimate of drug-likeness (QED) is 0.228. The average molecular weight is 566 g/mol. The molecule has 0 bridgehead atoms. The monoisotopic (exact) mass is 565 g/mol. The maximum atomic E-state index is 13.6. The van der Waals surface area contributed by atoms with Crippen molar-refractivity contribution in [3.63, 3.8) is 0 Å². The van der Waals surface area contributed by atoms with E-state index in [1.807, 2.05) is 19.1 Å². The number of ether oxygens (including phenoxy) is 1. The van der Waals surface area contributed by atoms with Crippen molar-refractivity contribution in [1.82, 2.24) is 14.8 Å². The fraction of sp³-hybridized carbons (Fsp3) is 0.400. The predicted octanol–water partition coefficient (Wildman–Crippen LogP) is 4.64. The van der Waals surface area contributed by atoms with Gasteiger partial charge in [-0.05, 0) is 62.8 Å². The zero-order valence-electron chi connectivity index (χ0n) is 24.9. The van der Waals surface area contributed by atoms with Crippen molar-refractivity contribution >= 4 is 34.3 Å². The van der Waals surface area contributed by atoms with Gasteiger partial charge in [0.1, 0.15) is 5.75 Å². The van der Waals surface area contributed by atoms with Crippen LogP contribution in [-0.4, -0.2) is 62.0 Å². The summed E-state index contributed by atoms with van der Waals surface area (Å²) in [5.74, 6) is 6.75. The van der Waals surface area contributed by atoms with Gasteiger partial charge < -0.3 is 25.6 Å². The van der Waals surface area contributed by atoms with Crippen LogP contribution in [0.5, 0.6) is 5.75 Å². The molecule has 0 unspecified atom stereocenters. The summed E-state index contributed by atoms with van der Waals surface area (Å²) >= 11 is 1.43. The molecule has 5 N–H and O–H groups in total. The lowest BCUT2D eigenvalue weighted by atomic mass is 9.85. The van der Waals surface area contributed by atoms with E-state index in [-0.39, 0.29) is 11.3 Å². The summed E-state index contributed by atoms with van der Waals surface area (Å²) in [6, 6.07) is 9.60. The van der Waals surface area contributed by atoms with Gasteiger partial charge in [-0.15, -0.1) is 11.3 Å². The van der Waals surface area contributed by atoms with Crippen LogP contribution in [0.4, 0.5) is 11.4 Å². The van der Waals surface area contributed by atoms with E-state index in [1.54, 1.807) is 37.1 Å². The summed E-state index contributed by atoms with van der Waals surface area (Å²) < 4.78 is 5.86. The van der Waals surface area contributed by atoms with Gasteiger partial charge in [-0.3, -0.25) is 14.8 Å². The van der Waals surface area contributed by atoms with Crippen molar-refractivity contribution < 1.29 is 9.53 Å². The SMILES string of the molecule is COc1c(CN(C)CCN(C)C)cc(C(C)(C)C)cc1NC(=O)c1ccc(C)c(N(N)/C=C(\N)c2cncs2)c1. The molecule has 0 saturated carbocycles. The highest BCUT2D eigenvalue weighted by Crippen LogP contribution is 2.36. The minimum absolute atomic E-state index is 0.121. The van der Waals surface area contributed by atoms with E-state index >= 15 is 0 Å². The molecular weight excluding hydrogens is 522 g/mol. The van der Waals surface area contributed by atoms with E-state index in [2.05, 4.69) is 68.1 Å². The van der Waals surface area contributed by atoms with Crippen LogP contribution in [0.2, 0.25) is 0 Å². The third-order valence-electron chi connectivity index (χ3n) is 6.60. The van der Waals surface area contributed by atoms with Gasteiger partial charge >= 0.3 is 0 Å². The Labute approximate surface area is 242 Å². The van der Waals surface area contributed by atoms with E-state index in [0.717, 1.165) is 34.7 Å². The van der Waals surface area contributed by atoms with Gasteiger partial charge in [0.2, 0.25) is 0 Å². The average Bonchev–Trinajstić information content (AvgIpc) is 3.42. The van der Waals surface area contributed by atoms with Gasteiger partial charge in [0, 0.05) is 43.2 Å². The van der Waals surface area contributed by atoms with Crippen molar-refractivity contribution in [2.24, 2.45) is 11.6 Å². The standard InChI is InChI=1S/C30H43N7O2S/c1-20-9-10-21(14-26(20)37(32)18-24(31)27-16-33-19-40-27)29(38)34-25-15-23(30(2,3)4)13-22(28(25)39-8)17-36(7)12-11-35(5)6/h9-10,13-16,18-19H,11-12,17,31-32H2,1-8H3,(H,34,38)/b24-18-. The molecule has 1 heterocycles. The van der Waals surface area contributed by atoms with Crippen molar-refractivity contribution in [2.75, 3.05) is 51.7 Å². The number of aryl methyl sites for hydroxylation is 1. The van der Waals surface area contributed by atoms with E-state index < -0.39 is 0 Å². The largest absolute Gasteiger partial charge is 0.494 e. The first-order valence-electron chi connectivity index (χ1n) is 13.2. The van der Waals surface area contributed by atoms with Crippen LogP contribution in [0.25, 0.3) is 5.70 Å². The Kier molecular flexibility index (Phi) is 10.3. The number of nitrogens with one attached hydrogen (secondary N) is 1. The zero-order valence-corrected chi connectivity index (χ0v) is 25.7. The van der Waals surface area contributed by atoms with E-state index in [9.17, 15) is 4.79 Å². The second-order valence-electron chi connectivity index (χ2n) is 11.3. The highest BCUT2D eigenvalue weighted by molar-refractivity contribution is 7.10. The highest BCUT2D eigenvalue weighted by Gasteiger charge is 2.22. The number of nitrogens with two attached hydrogens (primary N) is 2. The summed E-state index contributed by atoms with van der Waals surface area (Å²) in [6.45, 7) is 11.0. The Morgan fingerprint density at radius 1 is 1.15 bits per heavy atom. The molecule has 40 heavy (non-hydrogen) atoms. The topological polar surface area (TPSA) is 113 Å². The molecule has 3 aromatic rings. The Bertz CT molecular complexity index is 1330. The Morgan fingerprint density at radius 2 is 1.88 bits per heavy atom. The third-order valence-corrected chi connectivity index (χ3v) is 7.42. The maximum Gasteiger partial charge on any atom is 0.255 e. The fourth-order valence-electron chi connectivity index (χ4n) is 4.18. The van der Waals surface area contributed by atoms with E-state index in [1.165, 1.54) is 16.3 Å². The molecule has 0 aliphatic rings. The highest BCUT2D eigenvalue weighted by atomic mass is 32.1. The lowest BCUT2D eigenvalue weighted by Gasteiger charge is -2.26. The van der Waals surface area contributed by atoms with Crippen LogP contribution in [-0.2, 0) is 12.0 Å². The summed E-state index contributed by atoms with van der Waals surface area (Å²) in [5, 5.41) is 4.54. The maximum absolute atomic E-state index is 13.6. The van der Waals surface area contributed by atoms with Crippen LogP contribution in [0.3, 0.4) is 0 Å². The van der Waals surface area contributed by atoms with Crippen LogP contribution in [0.1, 0.15) is 52.7 Å². The number of benzene rings is 2. The molecule has 0 fully saturated rings.